The average Bonchev–Trinajstić information content (AvgIpc) is 3.41. The highest BCUT2D eigenvalue weighted by molar-refractivity contribution is 7.87. The summed E-state index contributed by atoms with van der Waals surface area (Å²) in [6.45, 7) is 1.39. The summed E-state index contributed by atoms with van der Waals surface area (Å²) >= 11 is 0. The van der Waals surface area contributed by atoms with Gasteiger partial charge in [-0.25, -0.2) is 0 Å². The summed E-state index contributed by atoms with van der Waals surface area (Å²) in [5.41, 5.74) is 1.17. The fourth-order valence-corrected chi connectivity index (χ4v) is 6.15. The normalized spacial score (nSPS) is 27.3. The Morgan fingerprint density at radius 1 is 1.03 bits per heavy atom. The number of carbonyl (C=O) groups excluding carboxylic acids is 3. The maximum absolute atomic E-state index is 12.6. The van der Waals surface area contributed by atoms with Gasteiger partial charge < -0.3 is 13.7 Å². The van der Waals surface area contributed by atoms with Crippen LogP contribution in [0.1, 0.15) is 28.8 Å². The molecule has 0 radical (unpaired) electrons. The number of ether oxygens (including phenoxy) is 2. The second kappa shape index (κ2) is 7.98. The number of rotatable bonds is 7. The highest BCUT2D eigenvalue weighted by Gasteiger charge is 2.64. The standard InChI is InChI=1S/C24H22O8S/c1-13-2-8-17(9-3-13)33(28,29)32-16-6-4-14(5-7-16)19(25)12-30-23(26)21-15-10-18-20(11-15)31-24(27)22(18)21/h2-9,15,18,20-22H,10-12H2,1H3/t15-,18+,20-,21-,22+/m1/s1. The Morgan fingerprint density at radius 2 is 1.73 bits per heavy atom. The van der Waals surface area contributed by atoms with Crippen molar-refractivity contribution in [1.29, 1.82) is 0 Å². The van der Waals surface area contributed by atoms with Gasteiger partial charge in [0.05, 0.1) is 11.8 Å². The van der Waals surface area contributed by atoms with Gasteiger partial charge in [0, 0.05) is 11.5 Å². The second-order valence-corrected chi connectivity index (χ2v) is 10.4. The number of aryl methyl sites for hydroxylation is 1. The number of carbonyl (C=O) groups is 3. The van der Waals surface area contributed by atoms with Gasteiger partial charge in [-0.05, 0) is 62.1 Å². The van der Waals surface area contributed by atoms with E-state index < -0.39 is 40.3 Å². The first-order chi connectivity index (χ1) is 15.7. The van der Waals surface area contributed by atoms with Crippen LogP contribution < -0.4 is 4.18 Å². The van der Waals surface area contributed by atoms with Crippen LogP contribution in [-0.2, 0) is 29.2 Å². The number of benzene rings is 2. The van der Waals surface area contributed by atoms with E-state index in [1.807, 2.05) is 6.92 Å². The van der Waals surface area contributed by atoms with Crippen LogP contribution in [0.3, 0.4) is 0 Å². The summed E-state index contributed by atoms with van der Waals surface area (Å²) in [5, 5.41) is 0. The van der Waals surface area contributed by atoms with Crippen molar-refractivity contribution >= 4 is 27.8 Å². The molecule has 0 spiro atoms. The summed E-state index contributed by atoms with van der Waals surface area (Å²) in [5.74, 6) is -2.12. The molecule has 3 fully saturated rings. The second-order valence-electron chi connectivity index (χ2n) is 8.83. The van der Waals surface area contributed by atoms with Gasteiger partial charge in [0.2, 0.25) is 0 Å². The third-order valence-corrected chi connectivity index (χ3v) is 8.05. The van der Waals surface area contributed by atoms with E-state index >= 15 is 0 Å². The van der Waals surface area contributed by atoms with E-state index in [4.69, 9.17) is 13.7 Å². The Labute approximate surface area is 191 Å². The van der Waals surface area contributed by atoms with E-state index in [1.54, 1.807) is 12.1 Å². The molecule has 0 aromatic heterocycles. The SMILES string of the molecule is Cc1ccc(S(=O)(=O)Oc2ccc(C(=O)COC(=O)[C@@H]3[C@@H]4C[C@@H]5[C@@H]3C(=O)O[C@@H]5C4)cc2)cc1. The summed E-state index contributed by atoms with van der Waals surface area (Å²) < 4.78 is 40.5. The van der Waals surface area contributed by atoms with Gasteiger partial charge in [-0.15, -0.1) is 0 Å². The lowest BCUT2D eigenvalue weighted by Crippen LogP contribution is -2.34. The third-order valence-electron chi connectivity index (χ3n) is 6.79. The van der Waals surface area contributed by atoms with Gasteiger partial charge in [-0.2, -0.15) is 8.42 Å². The smallest absolute Gasteiger partial charge is 0.339 e. The Hall–Kier alpha value is -3.20. The lowest BCUT2D eigenvalue weighted by Gasteiger charge is -2.22. The first kappa shape index (κ1) is 21.6. The number of fused-ring (bicyclic) bond motifs is 1. The maximum atomic E-state index is 12.6. The fraction of sp³-hybridized carbons (Fsp3) is 0.375. The first-order valence-electron chi connectivity index (χ1n) is 10.7. The summed E-state index contributed by atoms with van der Waals surface area (Å²) in [4.78, 5) is 37.1. The van der Waals surface area contributed by atoms with Gasteiger partial charge in [0.15, 0.2) is 12.4 Å². The first-order valence-corrected chi connectivity index (χ1v) is 12.2. The van der Waals surface area contributed by atoms with E-state index in [0.717, 1.165) is 12.0 Å². The molecule has 9 heteroatoms. The number of esters is 2. The number of ketones is 1. The summed E-state index contributed by atoms with van der Waals surface area (Å²) in [6, 6.07) is 11.8. The number of hydrogen-bond donors (Lipinski definition) is 0. The predicted molar refractivity (Wildman–Crippen MR) is 114 cm³/mol. The predicted octanol–water partition coefficient (Wildman–Crippen LogP) is 2.69. The minimum atomic E-state index is -4.00. The Morgan fingerprint density at radius 3 is 2.42 bits per heavy atom. The molecule has 2 aromatic carbocycles. The molecule has 33 heavy (non-hydrogen) atoms. The van der Waals surface area contributed by atoms with E-state index in [9.17, 15) is 22.8 Å². The van der Waals surface area contributed by atoms with Crippen molar-refractivity contribution in [1.82, 2.24) is 0 Å². The molecule has 2 aliphatic carbocycles. The zero-order valence-corrected chi connectivity index (χ0v) is 18.6. The third kappa shape index (κ3) is 3.90. The van der Waals surface area contributed by atoms with Crippen molar-refractivity contribution < 1.29 is 36.5 Å². The Balaban J connectivity index is 1.18. The van der Waals surface area contributed by atoms with Crippen LogP contribution in [0.2, 0.25) is 0 Å². The molecule has 3 aliphatic rings. The van der Waals surface area contributed by atoms with Crippen LogP contribution in [0, 0.1) is 30.6 Å². The molecule has 1 saturated heterocycles. The largest absolute Gasteiger partial charge is 0.462 e. The maximum Gasteiger partial charge on any atom is 0.339 e. The molecule has 0 unspecified atom stereocenters. The highest BCUT2D eigenvalue weighted by atomic mass is 32.2. The molecule has 0 N–H and O–H groups in total. The lowest BCUT2D eigenvalue weighted by molar-refractivity contribution is -0.154. The van der Waals surface area contributed by atoms with Crippen LogP contribution in [0.25, 0.3) is 0 Å². The van der Waals surface area contributed by atoms with Gasteiger partial charge >= 0.3 is 22.1 Å². The quantitative estimate of drug-likeness (QED) is 0.345. The molecule has 172 valence electrons. The van der Waals surface area contributed by atoms with E-state index in [0.29, 0.717) is 6.42 Å². The van der Waals surface area contributed by atoms with Crippen molar-refractivity contribution in [2.45, 2.75) is 30.8 Å². The van der Waals surface area contributed by atoms with Gasteiger partial charge in [0.25, 0.3) is 0 Å². The Kier molecular flexibility index (Phi) is 5.23. The van der Waals surface area contributed by atoms with Crippen LogP contribution in [0.5, 0.6) is 5.75 Å². The minimum Gasteiger partial charge on any atom is -0.462 e. The molecule has 5 atom stereocenters. The number of hydrogen-bond acceptors (Lipinski definition) is 8. The average molecular weight is 470 g/mol. The molecule has 2 saturated carbocycles. The van der Waals surface area contributed by atoms with Crippen molar-refractivity contribution in [2.24, 2.45) is 23.7 Å². The molecule has 5 rings (SSSR count). The van der Waals surface area contributed by atoms with E-state index in [1.165, 1.54) is 36.4 Å². The summed E-state index contributed by atoms with van der Waals surface area (Å²) in [6.07, 6.45) is 1.38. The molecule has 2 bridgehead atoms. The van der Waals surface area contributed by atoms with Crippen molar-refractivity contribution in [3.8, 4) is 5.75 Å². The minimum absolute atomic E-state index is 0.0262. The zero-order chi connectivity index (χ0) is 23.3. The molecule has 2 aromatic rings. The van der Waals surface area contributed by atoms with Gasteiger partial charge in [-0.1, -0.05) is 17.7 Å². The van der Waals surface area contributed by atoms with Crippen LogP contribution in [0.15, 0.2) is 53.4 Å². The van der Waals surface area contributed by atoms with Crippen LogP contribution in [0.4, 0.5) is 0 Å². The van der Waals surface area contributed by atoms with E-state index in [-0.39, 0.29) is 40.1 Å². The topological polar surface area (TPSA) is 113 Å². The zero-order valence-electron chi connectivity index (χ0n) is 17.8. The molecule has 0 amide bonds. The van der Waals surface area contributed by atoms with Crippen molar-refractivity contribution in [2.75, 3.05) is 6.61 Å². The van der Waals surface area contributed by atoms with Gasteiger partial charge in [0.1, 0.15) is 16.7 Å². The molecule has 1 aliphatic heterocycles. The Bertz CT molecular complexity index is 1210. The van der Waals surface area contributed by atoms with E-state index in [2.05, 4.69) is 0 Å². The number of Topliss-reactive ketones (excluding diaryl/α,β-unsaturated/α-hetero) is 1. The van der Waals surface area contributed by atoms with Gasteiger partial charge in [-0.3, -0.25) is 14.4 Å². The highest BCUT2D eigenvalue weighted by Crippen LogP contribution is 2.57. The summed E-state index contributed by atoms with van der Waals surface area (Å²) in [7, 11) is -4.00. The molecular formula is C24H22O8S. The van der Waals surface area contributed by atoms with Crippen LogP contribution in [-0.4, -0.2) is 38.9 Å². The van der Waals surface area contributed by atoms with Crippen molar-refractivity contribution in [3.05, 3.63) is 59.7 Å². The molecule has 1 heterocycles. The fourth-order valence-electron chi connectivity index (χ4n) is 5.22. The van der Waals surface area contributed by atoms with Crippen LogP contribution >= 0.6 is 0 Å². The monoisotopic (exact) mass is 470 g/mol. The molecular weight excluding hydrogens is 448 g/mol. The lowest BCUT2D eigenvalue weighted by atomic mass is 9.80. The molecule has 8 nitrogen and oxygen atoms in total. The van der Waals surface area contributed by atoms with Crippen molar-refractivity contribution in [3.63, 3.8) is 0 Å².